The maximum absolute atomic E-state index is 10.7. The van der Waals surface area contributed by atoms with Gasteiger partial charge < -0.3 is 0 Å². The van der Waals surface area contributed by atoms with Crippen molar-refractivity contribution in [2.24, 2.45) is 0 Å². The Morgan fingerprint density at radius 3 is 2.28 bits per heavy atom. The Hall–Kier alpha value is -0.000000000000000167. The van der Waals surface area contributed by atoms with Gasteiger partial charge in [0.05, 0.1) is 22.9 Å². The molecule has 0 N–H and O–H groups in total. The van der Waals surface area contributed by atoms with Crippen molar-refractivity contribution in [2.45, 2.75) is 19.3 Å². The van der Waals surface area contributed by atoms with E-state index in [2.05, 4.69) is 4.18 Å². The number of aryl methyl sites for hydroxylation is 1. The Bertz CT molecular complexity index is 515. The number of rotatable bonds is 6. The number of benzene rings is 1. The van der Waals surface area contributed by atoms with Gasteiger partial charge in [-0.2, -0.15) is 8.42 Å². The van der Waals surface area contributed by atoms with E-state index in [1.807, 2.05) is 0 Å². The number of hydrogen-bond donors (Lipinski definition) is 0. The molecule has 3 nitrogen and oxygen atoms in total. The van der Waals surface area contributed by atoms with Crippen LogP contribution >= 0.6 is 34.8 Å². The third kappa shape index (κ3) is 5.76. The van der Waals surface area contributed by atoms with Crippen LogP contribution in [0, 0.1) is 0 Å². The van der Waals surface area contributed by atoms with Gasteiger partial charge in [0.15, 0.2) is 0 Å². The highest BCUT2D eigenvalue weighted by atomic mass is 35.5. The van der Waals surface area contributed by atoms with Crippen LogP contribution in [0.1, 0.15) is 18.4 Å². The molecular weight excluding hydrogens is 319 g/mol. The van der Waals surface area contributed by atoms with Gasteiger partial charge in [0.1, 0.15) is 0 Å². The van der Waals surface area contributed by atoms with Crippen molar-refractivity contribution in [3.05, 3.63) is 32.8 Å². The van der Waals surface area contributed by atoms with Gasteiger partial charge in [-0.05, 0) is 37.0 Å². The van der Waals surface area contributed by atoms with E-state index in [1.165, 1.54) is 0 Å². The zero-order chi connectivity index (χ0) is 13.8. The number of halogens is 3. The van der Waals surface area contributed by atoms with Gasteiger partial charge in [-0.15, -0.1) is 0 Å². The van der Waals surface area contributed by atoms with Crippen molar-refractivity contribution in [3.63, 3.8) is 0 Å². The molecule has 0 aromatic heterocycles. The monoisotopic (exact) mass is 330 g/mol. The molecule has 18 heavy (non-hydrogen) atoms. The van der Waals surface area contributed by atoms with Crippen LogP contribution in [0.4, 0.5) is 0 Å². The molecule has 0 atom stereocenters. The lowest BCUT2D eigenvalue weighted by Crippen LogP contribution is -2.04. The van der Waals surface area contributed by atoms with Crippen molar-refractivity contribution in [1.82, 2.24) is 0 Å². The molecule has 0 saturated heterocycles. The van der Waals surface area contributed by atoms with Crippen molar-refractivity contribution < 1.29 is 12.6 Å². The maximum atomic E-state index is 10.7. The fraction of sp³-hybridized carbons (Fsp3) is 0.455. The average Bonchev–Trinajstić information content (AvgIpc) is 2.23. The van der Waals surface area contributed by atoms with Crippen LogP contribution in [0.5, 0.6) is 0 Å². The summed E-state index contributed by atoms with van der Waals surface area (Å²) in [5, 5.41) is 1.45. The van der Waals surface area contributed by atoms with Crippen LogP contribution in [-0.4, -0.2) is 21.3 Å². The van der Waals surface area contributed by atoms with Crippen molar-refractivity contribution in [3.8, 4) is 0 Å². The molecule has 0 fully saturated rings. The van der Waals surface area contributed by atoms with Gasteiger partial charge in [-0.3, -0.25) is 4.18 Å². The summed E-state index contributed by atoms with van der Waals surface area (Å²) >= 11 is 17.7. The highest BCUT2D eigenvalue weighted by Crippen LogP contribution is 2.29. The van der Waals surface area contributed by atoms with Crippen molar-refractivity contribution in [1.29, 1.82) is 0 Å². The minimum Gasteiger partial charge on any atom is -0.270 e. The summed E-state index contributed by atoms with van der Waals surface area (Å²) < 4.78 is 26.1. The van der Waals surface area contributed by atoms with Crippen LogP contribution in [0.15, 0.2) is 12.1 Å². The van der Waals surface area contributed by atoms with E-state index in [0.717, 1.165) is 18.2 Å². The Kier molecular flexibility index (Phi) is 6.21. The van der Waals surface area contributed by atoms with E-state index in [1.54, 1.807) is 12.1 Å². The lowest BCUT2D eigenvalue weighted by molar-refractivity contribution is 0.312. The smallest absolute Gasteiger partial charge is 0.264 e. The van der Waals surface area contributed by atoms with Crippen molar-refractivity contribution in [2.75, 3.05) is 12.9 Å². The molecular formula is C11H13Cl3O3S. The molecule has 0 amide bonds. The standard InChI is InChI=1S/C11H13Cl3O3S/c1-18(15,16)17-5-3-2-4-8-6-10(13)11(14)7-9(8)12/h6-7H,2-5H2,1H3. The molecule has 0 unspecified atom stereocenters. The van der Waals surface area contributed by atoms with E-state index in [0.29, 0.717) is 27.9 Å². The molecule has 0 aliphatic carbocycles. The molecule has 102 valence electrons. The van der Waals surface area contributed by atoms with E-state index in [-0.39, 0.29) is 6.61 Å². The van der Waals surface area contributed by atoms with Gasteiger partial charge in [0.2, 0.25) is 0 Å². The molecule has 0 bridgehead atoms. The summed E-state index contributed by atoms with van der Waals surface area (Å²) in [6.07, 6.45) is 3.11. The van der Waals surface area contributed by atoms with Gasteiger partial charge in [0.25, 0.3) is 10.1 Å². The molecule has 0 radical (unpaired) electrons. The minimum absolute atomic E-state index is 0.178. The predicted molar refractivity (Wildman–Crippen MR) is 75.2 cm³/mol. The van der Waals surface area contributed by atoms with Crippen LogP contribution < -0.4 is 0 Å². The van der Waals surface area contributed by atoms with Crippen LogP contribution in [-0.2, 0) is 20.7 Å². The maximum Gasteiger partial charge on any atom is 0.264 e. The molecule has 0 aliphatic heterocycles. The van der Waals surface area contributed by atoms with Crippen LogP contribution in [0.2, 0.25) is 15.1 Å². The first-order valence-electron chi connectivity index (χ1n) is 5.27. The first-order chi connectivity index (χ1) is 8.29. The molecule has 1 rings (SSSR count). The molecule has 0 spiro atoms. The predicted octanol–water partition coefficient (Wildman–Crippen LogP) is 3.95. The highest BCUT2D eigenvalue weighted by molar-refractivity contribution is 7.85. The summed E-state index contributed by atoms with van der Waals surface area (Å²) in [4.78, 5) is 0. The first kappa shape index (κ1) is 16.1. The molecule has 1 aromatic carbocycles. The highest BCUT2D eigenvalue weighted by Gasteiger charge is 2.06. The van der Waals surface area contributed by atoms with Crippen molar-refractivity contribution >= 4 is 44.9 Å². The largest absolute Gasteiger partial charge is 0.270 e. The van der Waals surface area contributed by atoms with Crippen LogP contribution in [0.3, 0.4) is 0 Å². The van der Waals surface area contributed by atoms with E-state index >= 15 is 0 Å². The fourth-order valence-electron chi connectivity index (χ4n) is 1.38. The van der Waals surface area contributed by atoms with Crippen LogP contribution in [0.25, 0.3) is 0 Å². The van der Waals surface area contributed by atoms with Gasteiger partial charge >= 0.3 is 0 Å². The quantitative estimate of drug-likeness (QED) is 0.450. The Balaban J connectivity index is 2.43. The van der Waals surface area contributed by atoms with Gasteiger partial charge in [-0.1, -0.05) is 34.8 Å². The van der Waals surface area contributed by atoms with E-state index < -0.39 is 10.1 Å². The Morgan fingerprint density at radius 1 is 1.06 bits per heavy atom. The SMILES string of the molecule is CS(=O)(=O)OCCCCc1cc(Cl)c(Cl)cc1Cl. The Labute approximate surface area is 122 Å². The second kappa shape index (κ2) is 6.96. The zero-order valence-electron chi connectivity index (χ0n) is 9.75. The van der Waals surface area contributed by atoms with E-state index in [9.17, 15) is 8.42 Å². The van der Waals surface area contributed by atoms with Gasteiger partial charge in [-0.25, -0.2) is 0 Å². The molecule has 0 heterocycles. The first-order valence-corrected chi connectivity index (χ1v) is 8.22. The second-order valence-corrected chi connectivity index (χ2v) is 6.71. The van der Waals surface area contributed by atoms with E-state index in [4.69, 9.17) is 34.8 Å². The third-order valence-corrected chi connectivity index (χ3v) is 3.90. The third-order valence-electron chi connectivity index (χ3n) is 2.23. The number of hydrogen-bond acceptors (Lipinski definition) is 3. The Morgan fingerprint density at radius 2 is 1.67 bits per heavy atom. The summed E-state index contributed by atoms with van der Waals surface area (Å²) in [6, 6.07) is 3.33. The summed E-state index contributed by atoms with van der Waals surface area (Å²) in [5.41, 5.74) is 0.894. The topological polar surface area (TPSA) is 43.4 Å². The minimum atomic E-state index is -3.35. The average molecular weight is 332 g/mol. The second-order valence-electron chi connectivity index (χ2n) is 3.84. The summed E-state index contributed by atoms with van der Waals surface area (Å²) in [7, 11) is -3.35. The molecule has 0 aliphatic rings. The molecule has 7 heteroatoms. The molecule has 0 saturated carbocycles. The summed E-state index contributed by atoms with van der Waals surface area (Å²) in [5.74, 6) is 0. The normalized spacial score (nSPS) is 11.8. The fourth-order valence-corrected chi connectivity index (χ4v) is 2.47. The summed E-state index contributed by atoms with van der Waals surface area (Å²) in [6.45, 7) is 0.178. The lowest BCUT2D eigenvalue weighted by Gasteiger charge is -2.06. The number of unbranched alkanes of at least 4 members (excludes halogenated alkanes) is 1. The molecule has 1 aromatic rings. The lowest BCUT2D eigenvalue weighted by atomic mass is 10.1. The van der Waals surface area contributed by atoms with Gasteiger partial charge in [0, 0.05) is 5.02 Å². The zero-order valence-corrected chi connectivity index (χ0v) is 12.8.